The smallest absolute Gasteiger partial charge is 0.224 e. The molecule has 136 valence electrons. The Morgan fingerprint density at radius 2 is 2.04 bits per heavy atom. The zero-order chi connectivity index (χ0) is 18.1. The van der Waals surface area contributed by atoms with Crippen molar-refractivity contribution in [3.63, 3.8) is 0 Å². The molecular formula is C20H25N5O. The molecule has 6 heteroatoms. The Morgan fingerprint density at radius 3 is 2.73 bits per heavy atom. The van der Waals surface area contributed by atoms with E-state index in [-0.39, 0.29) is 5.91 Å². The van der Waals surface area contributed by atoms with Crippen molar-refractivity contribution in [2.75, 3.05) is 13.1 Å². The number of fused-ring (bicyclic) bond motifs is 1. The van der Waals surface area contributed by atoms with Crippen molar-refractivity contribution < 1.29 is 4.79 Å². The summed E-state index contributed by atoms with van der Waals surface area (Å²) in [6.07, 6.45) is 4.22. The summed E-state index contributed by atoms with van der Waals surface area (Å²) in [5.41, 5.74) is 4.46. The van der Waals surface area contributed by atoms with Gasteiger partial charge in [-0.25, -0.2) is 4.98 Å². The first-order chi connectivity index (χ1) is 12.6. The minimum Gasteiger partial charge on any atom is -0.343 e. The van der Waals surface area contributed by atoms with Gasteiger partial charge in [0.1, 0.15) is 5.82 Å². The van der Waals surface area contributed by atoms with Gasteiger partial charge >= 0.3 is 0 Å². The molecule has 0 radical (unpaired) electrons. The number of aromatic amines is 1. The first-order valence-electron chi connectivity index (χ1n) is 9.33. The molecule has 1 saturated heterocycles. The monoisotopic (exact) mass is 351 g/mol. The fourth-order valence-corrected chi connectivity index (χ4v) is 3.78. The molecule has 3 aromatic rings. The van der Waals surface area contributed by atoms with Crippen molar-refractivity contribution in [3.05, 3.63) is 47.5 Å². The summed E-state index contributed by atoms with van der Waals surface area (Å²) >= 11 is 0. The molecular weight excluding hydrogens is 326 g/mol. The average molecular weight is 351 g/mol. The van der Waals surface area contributed by atoms with Crippen LogP contribution < -0.4 is 0 Å². The Balaban J connectivity index is 1.35. The van der Waals surface area contributed by atoms with Crippen LogP contribution >= 0.6 is 0 Å². The predicted molar refractivity (Wildman–Crippen MR) is 101 cm³/mol. The third-order valence-corrected chi connectivity index (χ3v) is 5.43. The summed E-state index contributed by atoms with van der Waals surface area (Å²) in [6, 6.07) is 8.19. The molecule has 1 amide bonds. The maximum absolute atomic E-state index is 12.5. The van der Waals surface area contributed by atoms with E-state index in [0.29, 0.717) is 18.9 Å². The number of aryl methyl sites for hydroxylation is 3. The van der Waals surface area contributed by atoms with E-state index in [1.54, 1.807) is 6.20 Å². The minimum atomic E-state index is 0.221. The Morgan fingerprint density at radius 1 is 1.23 bits per heavy atom. The van der Waals surface area contributed by atoms with E-state index in [1.165, 1.54) is 5.56 Å². The lowest BCUT2D eigenvalue weighted by Crippen LogP contribution is -2.38. The number of carbonyl (C=O) groups excluding carboxylic acids is 1. The number of carbonyl (C=O) groups is 1. The van der Waals surface area contributed by atoms with Gasteiger partial charge < -0.3 is 9.88 Å². The lowest BCUT2D eigenvalue weighted by molar-refractivity contribution is -0.132. The van der Waals surface area contributed by atoms with E-state index in [9.17, 15) is 4.79 Å². The Hall–Kier alpha value is -2.63. The molecule has 1 aliphatic heterocycles. The quantitative estimate of drug-likeness (QED) is 0.785. The predicted octanol–water partition coefficient (Wildman–Crippen LogP) is 3.17. The van der Waals surface area contributed by atoms with Crippen LogP contribution in [0.3, 0.4) is 0 Å². The number of nitrogens with one attached hydrogen (secondary N) is 1. The third kappa shape index (κ3) is 3.23. The molecule has 1 N–H and O–H groups in total. The fraction of sp³-hybridized carbons (Fsp3) is 0.450. The summed E-state index contributed by atoms with van der Waals surface area (Å²) < 4.78 is 1.89. The molecule has 0 aliphatic carbocycles. The third-order valence-electron chi connectivity index (χ3n) is 5.43. The number of benzene rings is 1. The number of likely N-dealkylation sites (tertiary alicyclic amines) is 1. The molecule has 1 aliphatic rings. The van der Waals surface area contributed by atoms with Crippen LogP contribution in [0.4, 0.5) is 0 Å². The van der Waals surface area contributed by atoms with Crippen molar-refractivity contribution in [2.45, 2.75) is 45.6 Å². The topological polar surface area (TPSA) is 66.8 Å². The van der Waals surface area contributed by atoms with Crippen LogP contribution in [0.2, 0.25) is 0 Å². The molecule has 0 saturated carbocycles. The molecule has 0 atom stereocenters. The normalized spacial score (nSPS) is 15.7. The number of hydrogen-bond donors (Lipinski definition) is 1. The van der Waals surface area contributed by atoms with Gasteiger partial charge in [-0.2, -0.15) is 5.10 Å². The van der Waals surface area contributed by atoms with Crippen LogP contribution in [0.5, 0.6) is 0 Å². The van der Waals surface area contributed by atoms with E-state index in [4.69, 9.17) is 4.98 Å². The number of H-pyrrole nitrogens is 1. The molecule has 2 aromatic heterocycles. The fourth-order valence-electron chi connectivity index (χ4n) is 3.78. The number of imidazole rings is 1. The van der Waals surface area contributed by atoms with E-state index in [2.05, 4.69) is 35.2 Å². The second kappa shape index (κ2) is 6.94. The molecule has 0 unspecified atom stereocenters. The first kappa shape index (κ1) is 16.8. The van der Waals surface area contributed by atoms with Gasteiger partial charge in [-0.1, -0.05) is 12.1 Å². The number of aromatic nitrogens is 4. The van der Waals surface area contributed by atoms with Crippen LogP contribution in [0.25, 0.3) is 11.0 Å². The molecule has 3 heterocycles. The van der Waals surface area contributed by atoms with Crippen molar-refractivity contribution in [3.8, 4) is 0 Å². The maximum atomic E-state index is 12.5. The van der Waals surface area contributed by atoms with Crippen LogP contribution in [-0.4, -0.2) is 43.6 Å². The molecule has 26 heavy (non-hydrogen) atoms. The molecule has 4 rings (SSSR count). The summed E-state index contributed by atoms with van der Waals surface area (Å²) in [7, 11) is 0. The summed E-state index contributed by atoms with van der Waals surface area (Å²) in [5.74, 6) is 1.69. The highest BCUT2D eigenvalue weighted by Crippen LogP contribution is 2.28. The van der Waals surface area contributed by atoms with Crippen molar-refractivity contribution in [1.29, 1.82) is 0 Å². The first-order valence-corrected chi connectivity index (χ1v) is 9.33. The largest absolute Gasteiger partial charge is 0.343 e. The lowest BCUT2D eigenvalue weighted by atomic mass is 9.96. The summed E-state index contributed by atoms with van der Waals surface area (Å²) in [4.78, 5) is 22.8. The highest BCUT2D eigenvalue weighted by molar-refractivity contribution is 5.78. The Bertz CT molecular complexity index is 917. The van der Waals surface area contributed by atoms with Gasteiger partial charge in [0.15, 0.2) is 0 Å². The standard InChI is InChI=1S/C20H25N5O/c1-14-4-3-5-17-19(14)23-20(22-17)16-7-11-24(12-8-16)18(26)9-13-25-15(2)6-10-21-25/h3-6,10,16H,7-9,11-13H2,1-2H3,(H,22,23). The number of rotatable bonds is 4. The summed E-state index contributed by atoms with van der Waals surface area (Å²) in [6.45, 7) is 6.36. The van der Waals surface area contributed by atoms with Crippen molar-refractivity contribution in [2.24, 2.45) is 0 Å². The number of para-hydroxylation sites is 1. The SMILES string of the molecule is Cc1cccc2[nH]c(C3CCN(C(=O)CCn4nccc4C)CC3)nc12. The molecule has 0 spiro atoms. The summed E-state index contributed by atoms with van der Waals surface area (Å²) in [5, 5.41) is 4.25. The number of nitrogens with zero attached hydrogens (tertiary/aromatic N) is 4. The Kier molecular flexibility index (Phi) is 4.49. The van der Waals surface area contributed by atoms with E-state index in [1.807, 2.05) is 22.6 Å². The number of amides is 1. The van der Waals surface area contributed by atoms with Crippen LogP contribution in [0.15, 0.2) is 30.5 Å². The van der Waals surface area contributed by atoms with E-state index < -0.39 is 0 Å². The molecule has 1 fully saturated rings. The Labute approximate surface area is 153 Å². The molecule has 0 bridgehead atoms. The highest BCUT2D eigenvalue weighted by atomic mass is 16.2. The van der Waals surface area contributed by atoms with Gasteiger partial charge in [-0.3, -0.25) is 9.48 Å². The zero-order valence-electron chi connectivity index (χ0n) is 15.4. The van der Waals surface area contributed by atoms with Crippen LogP contribution in [0, 0.1) is 13.8 Å². The molecule has 1 aromatic carbocycles. The lowest BCUT2D eigenvalue weighted by Gasteiger charge is -2.31. The van der Waals surface area contributed by atoms with Gasteiger partial charge in [0.25, 0.3) is 0 Å². The van der Waals surface area contributed by atoms with E-state index >= 15 is 0 Å². The minimum absolute atomic E-state index is 0.221. The average Bonchev–Trinajstić information content (AvgIpc) is 3.27. The number of piperidine rings is 1. The van der Waals surface area contributed by atoms with Crippen LogP contribution in [0.1, 0.15) is 42.3 Å². The van der Waals surface area contributed by atoms with Crippen LogP contribution in [-0.2, 0) is 11.3 Å². The van der Waals surface area contributed by atoms with Gasteiger partial charge in [0.05, 0.1) is 11.0 Å². The zero-order valence-corrected chi connectivity index (χ0v) is 15.4. The maximum Gasteiger partial charge on any atom is 0.224 e. The highest BCUT2D eigenvalue weighted by Gasteiger charge is 2.25. The second-order valence-electron chi connectivity index (χ2n) is 7.19. The van der Waals surface area contributed by atoms with Crippen molar-refractivity contribution in [1.82, 2.24) is 24.6 Å². The van der Waals surface area contributed by atoms with Gasteiger partial charge in [0.2, 0.25) is 5.91 Å². The van der Waals surface area contributed by atoms with E-state index in [0.717, 1.165) is 48.5 Å². The van der Waals surface area contributed by atoms with Gasteiger partial charge in [-0.15, -0.1) is 0 Å². The molecule has 6 nitrogen and oxygen atoms in total. The number of hydrogen-bond acceptors (Lipinski definition) is 3. The van der Waals surface area contributed by atoms with Crippen molar-refractivity contribution >= 4 is 16.9 Å². The van der Waals surface area contributed by atoms with Gasteiger partial charge in [0, 0.05) is 43.9 Å². The van der Waals surface area contributed by atoms with Gasteiger partial charge in [-0.05, 0) is 44.4 Å². The second-order valence-corrected chi connectivity index (χ2v) is 7.19.